The molecule has 0 bridgehead atoms. The van der Waals surface area contributed by atoms with E-state index in [0.717, 1.165) is 10.8 Å². The molecule has 0 aliphatic carbocycles. The quantitative estimate of drug-likeness (QED) is 0.777. The lowest BCUT2D eigenvalue weighted by molar-refractivity contribution is 0.180. The SMILES string of the molecule is Cc1ccc(SCC(C)(C)CO)nc1. The summed E-state index contributed by atoms with van der Waals surface area (Å²) in [4.78, 5) is 4.30. The Kier molecular flexibility index (Phi) is 3.96. The van der Waals surface area contributed by atoms with Crippen LogP contribution < -0.4 is 0 Å². The fraction of sp³-hybridized carbons (Fsp3) is 0.545. The van der Waals surface area contributed by atoms with Crippen molar-refractivity contribution >= 4 is 11.8 Å². The Balaban J connectivity index is 2.50. The van der Waals surface area contributed by atoms with Crippen LogP contribution in [0, 0.1) is 12.3 Å². The van der Waals surface area contributed by atoms with Crippen LogP contribution in [0.3, 0.4) is 0 Å². The topological polar surface area (TPSA) is 33.1 Å². The van der Waals surface area contributed by atoms with Gasteiger partial charge in [-0.25, -0.2) is 4.98 Å². The van der Waals surface area contributed by atoms with E-state index in [4.69, 9.17) is 5.11 Å². The van der Waals surface area contributed by atoms with Gasteiger partial charge in [-0.05, 0) is 24.0 Å². The van der Waals surface area contributed by atoms with E-state index in [1.165, 1.54) is 5.56 Å². The summed E-state index contributed by atoms with van der Waals surface area (Å²) >= 11 is 1.69. The molecule has 1 aromatic heterocycles. The number of aliphatic hydroxyl groups is 1. The summed E-state index contributed by atoms with van der Waals surface area (Å²) in [6, 6.07) is 4.08. The molecule has 1 heterocycles. The molecule has 0 aliphatic rings. The van der Waals surface area contributed by atoms with Crippen molar-refractivity contribution in [3.05, 3.63) is 23.9 Å². The lowest BCUT2D eigenvalue weighted by Crippen LogP contribution is -2.19. The molecule has 0 aromatic carbocycles. The van der Waals surface area contributed by atoms with Crippen molar-refractivity contribution in [1.29, 1.82) is 0 Å². The maximum Gasteiger partial charge on any atom is 0.0960 e. The Hall–Kier alpha value is -0.540. The van der Waals surface area contributed by atoms with E-state index in [-0.39, 0.29) is 12.0 Å². The predicted molar refractivity (Wildman–Crippen MR) is 60.6 cm³/mol. The molecule has 1 rings (SSSR count). The van der Waals surface area contributed by atoms with Gasteiger partial charge in [0, 0.05) is 18.6 Å². The molecule has 0 atom stereocenters. The van der Waals surface area contributed by atoms with Crippen molar-refractivity contribution < 1.29 is 5.11 Å². The van der Waals surface area contributed by atoms with Crippen LogP contribution in [-0.4, -0.2) is 22.5 Å². The molecule has 0 saturated carbocycles. The molecule has 1 aromatic rings. The van der Waals surface area contributed by atoms with Crippen LogP contribution in [0.15, 0.2) is 23.4 Å². The number of aromatic nitrogens is 1. The minimum absolute atomic E-state index is 0.0305. The van der Waals surface area contributed by atoms with Gasteiger partial charge < -0.3 is 5.11 Å². The first kappa shape index (κ1) is 11.5. The number of thioether (sulfide) groups is 1. The van der Waals surface area contributed by atoms with Gasteiger partial charge in [0.2, 0.25) is 0 Å². The van der Waals surface area contributed by atoms with Gasteiger partial charge in [-0.15, -0.1) is 11.8 Å². The Bertz CT molecular complexity index is 282. The Morgan fingerprint density at radius 1 is 1.43 bits per heavy atom. The molecule has 1 N–H and O–H groups in total. The summed E-state index contributed by atoms with van der Waals surface area (Å²) in [6.45, 7) is 6.34. The number of aryl methyl sites for hydroxylation is 1. The van der Waals surface area contributed by atoms with Crippen molar-refractivity contribution in [3.8, 4) is 0 Å². The van der Waals surface area contributed by atoms with Gasteiger partial charge in [-0.1, -0.05) is 19.9 Å². The van der Waals surface area contributed by atoms with Crippen molar-refractivity contribution in [1.82, 2.24) is 4.98 Å². The molecular formula is C11H17NOS. The zero-order valence-electron chi connectivity index (χ0n) is 8.95. The summed E-state index contributed by atoms with van der Waals surface area (Å²) in [6.07, 6.45) is 1.87. The van der Waals surface area contributed by atoms with Crippen LogP contribution in [0.4, 0.5) is 0 Å². The Morgan fingerprint density at radius 3 is 2.64 bits per heavy atom. The van der Waals surface area contributed by atoms with Gasteiger partial charge >= 0.3 is 0 Å². The Morgan fingerprint density at radius 2 is 2.14 bits per heavy atom. The molecule has 14 heavy (non-hydrogen) atoms. The van der Waals surface area contributed by atoms with Crippen molar-refractivity contribution in [3.63, 3.8) is 0 Å². The average Bonchev–Trinajstić information content (AvgIpc) is 2.17. The van der Waals surface area contributed by atoms with Crippen molar-refractivity contribution in [2.24, 2.45) is 5.41 Å². The summed E-state index contributed by atoms with van der Waals surface area (Å²) in [5.74, 6) is 0.888. The third-order valence-electron chi connectivity index (χ3n) is 1.92. The van der Waals surface area contributed by atoms with Gasteiger partial charge in [-0.2, -0.15) is 0 Å². The molecule has 0 saturated heterocycles. The molecule has 0 spiro atoms. The van der Waals surface area contributed by atoms with Crippen LogP contribution in [0.5, 0.6) is 0 Å². The highest BCUT2D eigenvalue weighted by molar-refractivity contribution is 7.99. The number of pyridine rings is 1. The number of nitrogens with zero attached hydrogens (tertiary/aromatic N) is 1. The lowest BCUT2D eigenvalue weighted by atomic mass is 9.98. The van der Waals surface area contributed by atoms with Gasteiger partial charge in [0.05, 0.1) is 5.03 Å². The minimum atomic E-state index is -0.0305. The molecule has 2 nitrogen and oxygen atoms in total. The van der Waals surface area contributed by atoms with Gasteiger partial charge in [0.1, 0.15) is 0 Å². The minimum Gasteiger partial charge on any atom is -0.396 e. The smallest absolute Gasteiger partial charge is 0.0960 e. The average molecular weight is 211 g/mol. The molecule has 3 heteroatoms. The standard InChI is InChI=1S/C11H17NOS/c1-9-4-5-10(12-6-9)14-8-11(2,3)7-13/h4-6,13H,7-8H2,1-3H3. The molecule has 0 unspecified atom stereocenters. The summed E-state index contributed by atoms with van der Waals surface area (Å²) in [5, 5.41) is 10.1. The monoisotopic (exact) mass is 211 g/mol. The number of hydrogen-bond acceptors (Lipinski definition) is 3. The maximum atomic E-state index is 9.08. The van der Waals surface area contributed by atoms with E-state index < -0.39 is 0 Å². The fourth-order valence-electron chi connectivity index (χ4n) is 0.855. The first-order chi connectivity index (χ1) is 6.53. The molecule has 0 aliphatic heterocycles. The predicted octanol–water partition coefficient (Wildman–Crippen LogP) is 2.50. The zero-order valence-corrected chi connectivity index (χ0v) is 9.77. The number of hydrogen-bond donors (Lipinski definition) is 1. The summed E-state index contributed by atoms with van der Waals surface area (Å²) in [5.41, 5.74) is 1.15. The van der Waals surface area contributed by atoms with Gasteiger partial charge in [0.25, 0.3) is 0 Å². The summed E-state index contributed by atoms with van der Waals surface area (Å²) < 4.78 is 0. The first-order valence-electron chi connectivity index (χ1n) is 4.70. The molecule has 78 valence electrons. The third kappa shape index (κ3) is 3.68. The Labute approximate surface area is 89.8 Å². The van der Waals surface area contributed by atoms with Gasteiger partial charge in [-0.3, -0.25) is 0 Å². The highest BCUT2D eigenvalue weighted by atomic mass is 32.2. The van der Waals surface area contributed by atoms with Crippen LogP contribution >= 0.6 is 11.8 Å². The van der Waals surface area contributed by atoms with E-state index in [0.29, 0.717) is 0 Å². The van der Waals surface area contributed by atoms with E-state index >= 15 is 0 Å². The summed E-state index contributed by atoms with van der Waals surface area (Å²) in [7, 11) is 0. The van der Waals surface area contributed by atoms with Crippen LogP contribution in [0.25, 0.3) is 0 Å². The largest absolute Gasteiger partial charge is 0.396 e. The first-order valence-corrected chi connectivity index (χ1v) is 5.68. The molecule has 0 fully saturated rings. The van der Waals surface area contributed by atoms with E-state index in [1.807, 2.05) is 33.0 Å². The van der Waals surface area contributed by atoms with Crippen LogP contribution in [0.2, 0.25) is 0 Å². The number of aliphatic hydroxyl groups excluding tert-OH is 1. The second-order valence-corrected chi connectivity index (χ2v) is 5.28. The van der Waals surface area contributed by atoms with Crippen molar-refractivity contribution in [2.75, 3.05) is 12.4 Å². The molecule has 0 radical (unpaired) electrons. The van der Waals surface area contributed by atoms with Gasteiger partial charge in [0.15, 0.2) is 0 Å². The van der Waals surface area contributed by atoms with Crippen LogP contribution in [0.1, 0.15) is 19.4 Å². The van der Waals surface area contributed by atoms with Crippen LogP contribution in [-0.2, 0) is 0 Å². The van der Waals surface area contributed by atoms with Crippen molar-refractivity contribution in [2.45, 2.75) is 25.8 Å². The molecule has 0 amide bonds. The highest BCUT2D eigenvalue weighted by Gasteiger charge is 2.16. The second-order valence-electron chi connectivity index (χ2n) is 4.28. The van der Waals surface area contributed by atoms with E-state index in [9.17, 15) is 0 Å². The molecular weight excluding hydrogens is 194 g/mol. The normalized spacial score (nSPS) is 11.7. The number of rotatable bonds is 4. The maximum absolute atomic E-state index is 9.08. The fourth-order valence-corrected chi connectivity index (χ4v) is 1.78. The zero-order chi connectivity index (χ0) is 10.6. The third-order valence-corrected chi connectivity index (χ3v) is 3.39. The second kappa shape index (κ2) is 4.80. The highest BCUT2D eigenvalue weighted by Crippen LogP contribution is 2.25. The van der Waals surface area contributed by atoms with E-state index in [1.54, 1.807) is 11.8 Å². The van der Waals surface area contributed by atoms with E-state index in [2.05, 4.69) is 11.1 Å². The lowest BCUT2D eigenvalue weighted by Gasteiger charge is -2.20.